The van der Waals surface area contributed by atoms with Crippen molar-refractivity contribution in [3.05, 3.63) is 104 Å². The average Bonchev–Trinajstić information content (AvgIpc) is 3.82. The van der Waals surface area contributed by atoms with Crippen molar-refractivity contribution < 1.29 is 79.6 Å². The first kappa shape index (κ1) is 59.3. The van der Waals surface area contributed by atoms with Crippen LogP contribution in [0.5, 0.6) is 0 Å². The lowest BCUT2D eigenvalue weighted by atomic mass is 9.82. The van der Waals surface area contributed by atoms with Gasteiger partial charge in [0.1, 0.15) is 12.2 Å². The Morgan fingerprint density at radius 2 is 1.42 bits per heavy atom. The van der Waals surface area contributed by atoms with E-state index in [9.17, 15) is 60.7 Å². The molecule has 2 saturated heterocycles. The molecule has 71 heavy (non-hydrogen) atoms. The Morgan fingerprint density at radius 3 is 2.07 bits per heavy atom. The first-order valence-corrected chi connectivity index (χ1v) is 24.5. The molecule has 4 rings (SSSR count). The molecule has 0 saturated carbocycles. The van der Waals surface area contributed by atoms with Gasteiger partial charge in [-0.1, -0.05) is 92.0 Å². The molecule has 0 radical (unpaired) electrons. The molecule has 2 fully saturated rings. The summed E-state index contributed by atoms with van der Waals surface area (Å²) in [5, 5.41) is 112. The smallest absolute Gasteiger partial charge is 0.308 e. The zero-order chi connectivity index (χ0) is 51.9. The van der Waals surface area contributed by atoms with Crippen LogP contribution >= 0.6 is 0 Å². The molecule has 13 N–H and O–H groups in total. The molecule has 0 spiro atoms. The van der Waals surface area contributed by atoms with Crippen LogP contribution < -0.4 is 11.1 Å². The molecular formula is C51H78N4O16. The van der Waals surface area contributed by atoms with Crippen molar-refractivity contribution in [3.8, 4) is 0 Å². The summed E-state index contributed by atoms with van der Waals surface area (Å²) in [7, 11) is 0. The molecule has 0 aromatic carbocycles. The zero-order valence-electron chi connectivity index (χ0n) is 40.6. The Bertz CT molecular complexity index is 1930. The van der Waals surface area contributed by atoms with Crippen LogP contribution in [0.3, 0.4) is 0 Å². The number of aromatic nitrogens is 2. The fourth-order valence-corrected chi connectivity index (χ4v) is 8.52. The van der Waals surface area contributed by atoms with Crippen LogP contribution in [0, 0.1) is 11.8 Å². The fraction of sp³-hybridized carbons (Fsp3) is 0.627. The minimum Gasteiger partial charge on any atom is -0.462 e. The van der Waals surface area contributed by atoms with Gasteiger partial charge in [-0.25, -0.2) is 4.98 Å². The van der Waals surface area contributed by atoms with Crippen molar-refractivity contribution in [1.82, 2.24) is 14.9 Å². The predicted octanol–water partition coefficient (Wildman–Crippen LogP) is 0.396. The van der Waals surface area contributed by atoms with Crippen LogP contribution in [-0.4, -0.2) is 177 Å². The Hall–Kier alpha value is -4.23. The molecule has 3 aliphatic rings. The molecule has 1 aromatic heterocycles. The Labute approximate surface area is 415 Å². The van der Waals surface area contributed by atoms with Crippen molar-refractivity contribution in [2.24, 2.45) is 17.6 Å². The van der Waals surface area contributed by atoms with E-state index < -0.39 is 135 Å². The number of aliphatic hydroxyl groups excluding tert-OH is 9. The molecule has 4 heterocycles. The number of aliphatic hydroxyl groups is 10. The number of rotatable bonds is 7. The third-order valence-corrected chi connectivity index (χ3v) is 12.5. The number of nitrogens with zero attached hydrogens (tertiary/aromatic N) is 2. The van der Waals surface area contributed by atoms with E-state index in [-0.39, 0.29) is 51.2 Å². The maximum atomic E-state index is 13.9. The first-order valence-electron chi connectivity index (χ1n) is 24.5. The monoisotopic (exact) mass is 1000 g/mol. The number of allylic oxidation sites excluding steroid dienone is 12. The van der Waals surface area contributed by atoms with Gasteiger partial charge >= 0.3 is 5.97 Å². The second-order valence-electron chi connectivity index (χ2n) is 18.8. The van der Waals surface area contributed by atoms with E-state index in [1.165, 1.54) is 0 Å². The van der Waals surface area contributed by atoms with Crippen LogP contribution in [-0.2, 0) is 35.1 Å². The Kier molecular flexibility index (Phi) is 25.7. The normalized spacial score (nSPS) is 40.5. The van der Waals surface area contributed by atoms with Gasteiger partial charge in [0.05, 0.1) is 92.4 Å². The Morgan fingerprint density at radius 1 is 0.775 bits per heavy atom. The van der Waals surface area contributed by atoms with E-state index in [4.69, 9.17) is 24.7 Å². The van der Waals surface area contributed by atoms with Crippen LogP contribution in [0.15, 0.2) is 104 Å². The van der Waals surface area contributed by atoms with E-state index in [2.05, 4.69) is 10.3 Å². The fourth-order valence-electron chi connectivity index (χ4n) is 8.52. The number of aryl methyl sites for hydroxylation is 1. The molecule has 17 atom stereocenters. The lowest BCUT2D eigenvalue weighted by molar-refractivity contribution is -0.304. The highest BCUT2D eigenvalue weighted by Crippen LogP contribution is 2.38. The summed E-state index contributed by atoms with van der Waals surface area (Å²) in [4.78, 5) is 30.5. The number of fused-ring (bicyclic) bond motifs is 2. The standard InChI is InChI=1S/C51H78N4O16/c1-33-16-13-11-9-7-5-3-4-6-8-10-12-14-17-38(70-50-48(65)47(52)43(63)31-68-50)28-44-46(49(66)54-20-15-22-55-23-21-53-32-55)42(62)30-51(67,71-44)29-37(58)26-41(61)39(59)19-18-35(56)25-36(57)27-45(64)69-34(2)24-40(33)60/h3-14,16-17,21,23,32-44,46-48,50,56-63,65,67H,15,18-20,22,24-31,52H2,1-2H3,(H,54,66)/b4-3+,7-5+,8-6+,11-9+,12-10+,16-13+,17-14+/t33-,34-,35?,36?,37?,38?,39?,40-,41?,42-,43+,44-,46?,47-,48-,50-,51?/m0/s1. The highest BCUT2D eigenvalue weighted by atomic mass is 16.7. The summed E-state index contributed by atoms with van der Waals surface area (Å²) in [5.74, 6) is -5.11. The van der Waals surface area contributed by atoms with Gasteiger partial charge in [-0.3, -0.25) is 9.59 Å². The largest absolute Gasteiger partial charge is 0.462 e. The number of esters is 1. The minimum absolute atomic E-state index is 0.0928. The molecular weight excluding hydrogens is 925 g/mol. The number of cyclic esters (lactones) is 1. The molecule has 20 nitrogen and oxygen atoms in total. The molecule has 8 unspecified atom stereocenters. The van der Waals surface area contributed by atoms with Gasteiger partial charge in [0.15, 0.2) is 12.1 Å². The molecule has 398 valence electrons. The van der Waals surface area contributed by atoms with Gasteiger partial charge in [-0.05, 0) is 32.6 Å². The van der Waals surface area contributed by atoms with E-state index in [0.717, 1.165) is 0 Å². The number of amides is 1. The number of hydrogen-bond acceptors (Lipinski definition) is 18. The molecule has 1 amide bonds. The van der Waals surface area contributed by atoms with Crippen molar-refractivity contribution in [1.29, 1.82) is 0 Å². The van der Waals surface area contributed by atoms with Gasteiger partial charge in [0.25, 0.3) is 0 Å². The van der Waals surface area contributed by atoms with E-state index in [0.29, 0.717) is 13.0 Å². The third-order valence-electron chi connectivity index (χ3n) is 12.5. The van der Waals surface area contributed by atoms with Gasteiger partial charge in [-0.15, -0.1) is 0 Å². The second-order valence-corrected chi connectivity index (χ2v) is 18.8. The van der Waals surface area contributed by atoms with Gasteiger partial charge in [0, 0.05) is 63.5 Å². The van der Waals surface area contributed by atoms with E-state index >= 15 is 0 Å². The first-order chi connectivity index (χ1) is 33.8. The molecule has 1 aromatic rings. The number of carbonyl (C=O) groups is 2. The predicted molar refractivity (Wildman–Crippen MR) is 260 cm³/mol. The Balaban J connectivity index is 1.57. The summed E-state index contributed by atoms with van der Waals surface area (Å²) in [5.41, 5.74) is 6.03. The van der Waals surface area contributed by atoms with Crippen molar-refractivity contribution in [2.45, 2.75) is 176 Å². The summed E-state index contributed by atoms with van der Waals surface area (Å²) < 4.78 is 25.2. The van der Waals surface area contributed by atoms with Crippen molar-refractivity contribution in [3.63, 3.8) is 0 Å². The van der Waals surface area contributed by atoms with Crippen molar-refractivity contribution in [2.75, 3.05) is 13.2 Å². The zero-order valence-corrected chi connectivity index (χ0v) is 40.6. The van der Waals surface area contributed by atoms with Crippen molar-refractivity contribution >= 4 is 11.9 Å². The number of nitrogens with one attached hydrogen (secondary N) is 1. The molecule has 20 heteroatoms. The summed E-state index contributed by atoms with van der Waals surface area (Å²) >= 11 is 0. The van der Waals surface area contributed by atoms with E-state index in [1.807, 2.05) is 41.9 Å². The van der Waals surface area contributed by atoms with E-state index in [1.54, 1.807) is 80.3 Å². The number of ether oxygens (including phenoxy) is 4. The number of hydrogen-bond donors (Lipinski definition) is 12. The summed E-state index contributed by atoms with van der Waals surface area (Å²) in [6.07, 6.45) is 11.4. The lowest BCUT2D eigenvalue weighted by Gasteiger charge is -2.45. The second kappa shape index (κ2) is 30.7. The van der Waals surface area contributed by atoms with Crippen LogP contribution in [0.1, 0.15) is 78.1 Å². The molecule has 3 aliphatic heterocycles. The maximum absolute atomic E-state index is 13.9. The highest BCUT2D eigenvalue weighted by Gasteiger charge is 2.50. The lowest BCUT2D eigenvalue weighted by Crippen LogP contribution is -2.59. The number of imidazole rings is 1. The maximum Gasteiger partial charge on any atom is 0.308 e. The average molecular weight is 1000 g/mol. The van der Waals surface area contributed by atoms with Gasteiger partial charge in [-0.2, -0.15) is 0 Å². The minimum atomic E-state index is -2.27. The topological polar surface area (TPSA) is 329 Å². The number of carbonyl (C=O) groups excluding carboxylic acids is 2. The van der Waals surface area contributed by atoms with Crippen LogP contribution in [0.25, 0.3) is 0 Å². The van der Waals surface area contributed by atoms with Crippen LogP contribution in [0.2, 0.25) is 0 Å². The van der Waals surface area contributed by atoms with Gasteiger partial charge in [0.2, 0.25) is 5.91 Å². The quantitative estimate of drug-likeness (QED) is 0.130. The van der Waals surface area contributed by atoms with Gasteiger partial charge < -0.3 is 85.6 Å². The highest BCUT2D eigenvalue weighted by molar-refractivity contribution is 5.80. The molecule has 2 bridgehead atoms. The summed E-state index contributed by atoms with van der Waals surface area (Å²) in [6.45, 7) is 3.98. The SMILES string of the molecule is C[C@H]1C[C@H](O)[C@@H](C)/C=C/C=C/C=C/C=C/C=C/C=C/C=C/C(O[C@@H]2OC[C@@H](O)[C@H](N)[C@@H]2O)C[C@@H]2OC(O)(CC(O)CC(O)C(O)CCC(O)CC(O)CC(=O)O1)C[C@H](O)C2C(=O)NCCCn1ccnc1. The summed E-state index contributed by atoms with van der Waals surface area (Å²) in [6, 6.07) is -1.11. The number of nitrogens with two attached hydrogens (primary N) is 1. The molecule has 0 aliphatic carbocycles. The van der Waals surface area contributed by atoms with Crippen LogP contribution in [0.4, 0.5) is 0 Å². The third kappa shape index (κ3) is 21.4.